The van der Waals surface area contributed by atoms with Crippen LogP contribution in [0.3, 0.4) is 0 Å². The van der Waals surface area contributed by atoms with E-state index in [9.17, 15) is 14.0 Å². The predicted octanol–water partition coefficient (Wildman–Crippen LogP) is 4.61. The zero-order valence-electron chi connectivity index (χ0n) is 25.5. The molecular weight excluding hydrogens is 592 g/mol. The number of primary amides is 1. The second kappa shape index (κ2) is 10.3. The molecule has 5 aromatic rings. The second-order valence-electron chi connectivity index (χ2n) is 12.8. The average Bonchev–Trinajstić information content (AvgIpc) is 3.45. The maximum Gasteiger partial charge on any atom is 0.254 e. The molecule has 2 aromatic carbocycles. The van der Waals surface area contributed by atoms with Crippen molar-refractivity contribution in [2.24, 2.45) is 30.4 Å². The summed E-state index contributed by atoms with van der Waals surface area (Å²) in [6, 6.07) is 10.9. The minimum Gasteiger partial charge on any atom is -0.494 e. The van der Waals surface area contributed by atoms with Crippen molar-refractivity contribution in [3.05, 3.63) is 65.2 Å². The number of methoxy groups -OCH3 is 1. The number of piperidine rings is 1. The molecule has 2 amide bonds. The Morgan fingerprint density at radius 2 is 1.83 bits per heavy atom. The monoisotopic (exact) mass is 625 g/mol. The number of benzene rings is 2. The highest BCUT2D eigenvalue weighted by molar-refractivity contribution is 6.00. The number of aryl methyl sites for hydroxylation is 1. The molecule has 3 unspecified atom stereocenters. The van der Waals surface area contributed by atoms with Gasteiger partial charge in [0.05, 0.1) is 29.6 Å². The Kier molecular flexibility index (Phi) is 6.44. The minimum atomic E-state index is -1.04. The number of amides is 2. The molecule has 0 radical (unpaired) electrons. The third kappa shape index (κ3) is 4.38. The van der Waals surface area contributed by atoms with Crippen molar-refractivity contribution in [3.8, 4) is 28.5 Å². The Balaban J connectivity index is 1.24. The van der Waals surface area contributed by atoms with Crippen LogP contribution in [0.1, 0.15) is 46.4 Å². The van der Waals surface area contributed by atoms with E-state index in [1.807, 2.05) is 34.7 Å². The van der Waals surface area contributed by atoms with Gasteiger partial charge in [0.15, 0.2) is 5.82 Å². The van der Waals surface area contributed by atoms with Gasteiger partial charge < -0.3 is 30.2 Å². The molecule has 3 aliphatic rings. The molecule has 4 N–H and O–H groups in total. The quantitative estimate of drug-likeness (QED) is 0.271. The van der Waals surface area contributed by atoms with Gasteiger partial charge in [0, 0.05) is 48.7 Å². The third-order valence-corrected chi connectivity index (χ3v) is 10.0. The van der Waals surface area contributed by atoms with Gasteiger partial charge in [0.1, 0.15) is 28.5 Å². The summed E-state index contributed by atoms with van der Waals surface area (Å²) in [5, 5.41) is 0.810. The standard InChI is InChI=1S/C34H33F2N7O3/c1-41-30-25(9-19(11-28(30)46-2)34(45)43-15-18-6-8-26(43)29(18)37)40-33(41)27-10-17-5-7-24(39-32(17)42(27)14-16-3-4-16)20-12-23(36)21(31(38)44)13-22(20)35/h5,7,9-13,16,18,26,29H,3-4,6,8,14-15,37H2,1-2H3,(H2,38,44). The summed E-state index contributed by atoms with van der Waals surface area (Å²) in [7, 11) is 3.49. The van der Waals surface area contributed by atoms with Crippen LogP contribution in [0.25, 0.3) is 44.8 Å². The van der Waals surface area contributed by atoms with E-state index in [1.54, 1.807) is 19.2 Å². The van der Waals surface area contributed by atoms with Crippen LogP contribution in [-0.4, -0.2) is 61.6 Å². The summed E-state index contributed by atoms with van der Waals surface area (Å²) < 4.78 is 39.5. The number of nitrogens with zero attached hydrogens (tertiary/aromatic N) is 5. The summed E-state index contributed by atoms with van der Waals surface area (Å²) >= 11 is 0. The number of halogens is 2. The second-order valence-corrected chi connectivity index (χ2v) is 12.8. The fourth-order valence-electron chi connectivity index (χ4n) is 7.40. The summed E-state index contributed by atoms with van der Waals surface area (Å²) in [5.41, 5.74) is 14.5. The van der Waals surface area contributed by atoms with Crippen LogP contribution in [0.4, 0.5) is 8.78 Å². The number of carbonyl (C=O) groups is 2. The Morgan fingerprint density at radius 3 is 2.50 bits per heavy atom. The smallest absolute Gasteiger partial charge is 0.254 e. The Labute approximate surface area is 262 Å². The molecular formula is C34H33F2N7O3. The number of imidazole rings is 1. The van der Waals surface area contributed by atoms with E-state index >= 15 is 4.39 Å². The molecule has 2 aliphatic carbocycles. The molecule has 1 saturated heterocycles. The molecule has 10 nitrogen and oxygen atoms in total. The van der Waals surface area contributed by atoms with Gasteiger partial charge in [-0.25, -0.2) is 18.7 Å². The fraction of sp³-hybridized carbons (Fsp3) is 0.353. The Bertz CT molecular complexity index is 2100. The number of pyridine rings is 1. The third-order valence-electron chi connectivity index (χ3n) is 10.0. The van der Waals surface area contributed by atoms with Gasteiger partial charge >= 0.3 is 0 Å². The van der Waals surface area contributed by atoms with Crippen molar-refractivity contribution >= 4 is 33.9 Å². The van der Waals surface area contributed by atoms with Gasteiger partial charge in [-0.1, -0.05) is 0 Å². The normalized spacial score (nSPS) is 20.7. The fourth-order valence-corrected chi connectivity index (χ4v) is 7.40. The van der Waals surface area contributed by atoms with Crippen LogP contribution in [0.2, 0.25) is 0 Å². The van der Waals surface area contributed by atoms with E-state index in [2.05, 4.69) is 4.57 Å². The largest absolute Gasteiger partial charge is 0.494 e. The highest BCUT2D eigenvalue weighted by Gasteiger charge is 2.47. The highest BCUT2D eigenvalue weighted by Crippen LogP contribution is 2.40. The Hall–Kier alpha value is -4.84. The van der Waals surface area contributed by atoms with E-state index < -0.39 is 23.1 Å². The molecule has 2 saturated carbocycles. The van der Waals surface area contributed by atoms with Crippen LogP contribution < -0.4 is 16.2 Å². The van der Waals surface area contributed by atoms with Crippen LogP contribution in [0.15, 0.2) is 42.5 Å². The molecule has 0 spiro atoms. The molecule has 3 fully saturated rings. The summed E-state index contributed by atoms with van der Waals surface area (Å²) in [6.07, 6.45) is 4.14. The van der Waals surface area contributed by atoms with E-state index in [-0.39, 0.29) is 29.2 Å². The number of ether oxygens (including phenoxy) is 1. The molecule has 3 aromatic heterocycles. The van der Waals surface area contributed by atoms with Crippen LogP contribution in [-0.2, 0) is 13.6 Å². The number of hydrogen-bond acceptors (Lipinski definition) is 6. The van der Waals surface area contributed by atoms with E-state index in [0.717, 1.165) is 54.4 Å². The van der Waals surface area contributed by atoms with E-state index in [1.165, 1.54) is 0 Å². The van der Waals surface area contributed by atoms with Crippen molar-refractivity contribution in [3.63, 3.8) is 0 Å². The Morgan fingerprint density at radius 1 is 1.02 bits per heavy atom. The number of rotatable bonds is 7. The van der Waals surface area contributed by atoms with Gasteiger partial charge in [-0.3, -0.25) is 9.59 Å². The highest BCUT2D eigenvalue weighted by atomic mass is 19.1. The number of nitrogens with two attached hydrogens (primary N) is 2. The van der Waals surface area contributed by atoms with Crippen molar-refractivity contribution in [2.45, 2.75) is 44.3 Å². The number of aromatic nitrogens is 4. The molecule has 2 bridgehead atoms. The van der Waals surface area contributed by atoms with Crippen molar-refractivity contribution in [1.82, 2.24) is 24.0 Å². The first kappa shape index (κ1) is 28.6. The minimum absolute atomic E-state index is 0.0172. The zero-order chi connectivity index (χ0) is 32.0. The maximum absolute atomic E-state index is 15.1. The lowest BCUT2D eigenvalue weighted by Gasteiger charge is -2.27. The van der Waals surface area contributed by atoms with Crippen LogP contribution >= 0.6 is 0 Å². The van der Waals surface area contributed by atoms with Crippen molar-refractivity contribution in [2.75, 3.05) is 13.7 Å². The SMILES string of the molecule is COc1cc(C(=O)N2CC3CCC2C3N)cc2nc(-c3cc4ccc(-c5cc(F)c(C(N)=O)cc5F)nc4n3CC3CC3)n(C)c12. The zero-order valence-corrected chi connectivity index (χ0v) is 25.5. The molecule has 46 heavy (non-hydrogen) atoms. The first-order valence-corrected chi connectivity index (χ1v) is 15.5. The number of hydrogen-bond donors (Lipinski definition) is 2. The van der Waals surface area contributed by atoms with Crippen LogP contribution in [0, 0.1) is 23.5 Å². The number of carbonyl (C=O) groups excluding carboxylic acids is 2. The molecule has 4 heterocycles. The summed E-state index contributed by atoms with van der Waals surface area (Å²) in [6.45, 7) is 1.34. The van der Waals surface area contributed by atoms with Crippen molar-refractivity contribution in [1.29, 1.82) is 0 Å². The van der Waals surface area contributed by atoms with Gasteiger partial charge in [0.25, 0.3) is 11.8 Å². The van der Waals surface area contributed by atoms with Gasteiger partial charge in [-0.2, -0.15) is 0 Å². The molecule has 1 aliphatic heterocycles. The number of fused-ring (bicyclic) bond motifs is 4. The topological polar surface area (TPSA) is 134 Å². The predicted molar refractivity (Wildman–Crippen MR) is 168 cm³/mol. The summed E-state index contributed by atoms with van der Waals surface area (Å²) in [4.78, 5) is 36.9. The van der Waals surface area contributed by atoms with Gasteiger partial charge in [-0.15, -0.1) is 0 Å². The lowest BCUT2D eigenvalue weighted by Crippen LogP contribution is -2.41. The molecule has 236 valence electrons. The van der Waals surface area contributed by atoms with Crippen LogP contribution in [0.5, 0.6) is 5.75 Å². The van der Waals surface area contributed by atoms with Crippen molar-refractivity contribution < 1.29 is 23.1 Å². The summed E-state index contributed by atoms with van der Waals surface area (Å²) in [5.74, 6) is -0.820. The van der Waals surface area contributed by atoms with Gasteiger partial charge in [0.2, 0.25) is 0 Å². The first-order valence-electron chi connectivity index (χ1n) is 15.5. The van der Waals surface area contributed by atoms with Gasteiger partial charge in [-0.05, 0) is 80.0 Å². The molecule has 3 atom stereocenters. The lowest BCUT2D eigenvalue weighted by atomic mass is 10.1. The van der Waals surface area contributed by atoms with E-state index in [0.29, 0.717) is 53.2 Å². The maximum atomic E-state index is 15.1. The lowest BCUT2D eigenvalue weighted by molar-refractivity contribution is 0.0700. The van der Waals surface area contributed by atoms with E-state index in [4.69, 9.17) is 26.2 Å². The molecule has 8 rings (SSSR count). The average molecular weight is 626 g/mol. The first-order chi connectivity index (χ1) is 22.1. The number of likely N-dealkylation sites (tertiary alicyclic amines) is 1. The molecule has 12 heteroatoms.